The summed E-state index contributed by atoms with van der Waals surface area (Å²) in [6.45, 7) is 0. The molecule has 2 heteroatoms. The fraction of sp³-hybridized carbons (Fsp3) is 0.714. The van der Waals surface area contributed by atoms with Crippen molar-refractivity contribution in [1.29, 1.82) is 0 Å². The van der Waals surface area contributed by atoms with Gasteiger partial charge in [-0.05, 0) is 47.9 Å². The summed E-state index contributed by atoms with van der Waals surface area (Å²) >= 11 is 2.23. The lowest BCUT2D eigenvalue weighted by Gasteiger charge is -2.11. The van der Waals surface area contributed by atoms with Crippen molar-refractivity contribution in [3.63, 3.8) is 0 Å². The minimum Gasteiger partial charge on any atom is -0.488 e. The van der Waals surface area contributed by atoms with Gasteiger partial charge < -0.3 is 4.74 Å². The van der Waals surface area contributed by atoms with Crippen molar-refractivity contribution in [3.05, 3.63) is 11.8 Å². The van der Waals surface area contributed by atoms with Gasteiger partial charge in [0.2, 0.25) is 0 Å². The molecule has 1 aliphatic rings. The zero-order valence-electron chi connectivity index (χ0n) is 5.40. The number of rotatable bonds is 2. The Morgan fingerprint density at radius 1 is 1.56 bits per heavy atom. The zero-order chi connectivity index (χ0) is 6.53. The van der Waals surface area contributed by atoms with Crippen LogP contribution in [0.25, 0.3) is 0 Å². The number of allylic oxidation sites excluding steroid dienone is 2. The summed E-state index contributed by atoms with van der Waals surface area (Å²) in [6.07, 6.45) is 7.23. The molecule has 0 N–H and O–H groups in total. The van der Waals surface area contributed by atoms with Crippen LogP contribution in [0.1, 0.15) is 25.7 Å². The molecule has 0 atom stereocenters. The average molecular weight is 238 g/mol. The first-order chi connectivity index (χ1) is 4.43. The topological polar surface area (TPSA) is 9.23 Å². The van der Waals surface area contributed by atoms with Crippen molar-refractivity contribution in [2.45, 2.75) is 25.7 Å². The summed E-state index contributed by atoms with van der Waals surface area (Å²) in [5, 5.41) is 0. The van der Waals surface area contributed by atoms with Crippen molar-refractivity contribution in [2.24, 2.45) is 0 Å². The Morgan fingerprint density at radius 2 is 2.44 bits per heavy atom. The van der Waals surface area contributed by atoms with E-state index < -0.39 is 0 Å². The molecule has 0 amide bonds. The smallest absolute Gasteiger partial charge is 0.138 e. The second kappa shape index (κ2) is 4.14. The molecular formula is C7H11IO. The molecule has 0 aromatic rings. The summed E-state index contributed by atoms with van der Waals surface area (Å²) in [6, 6.07) is 0. The molecule has 0 bridgehead atoms. The van der Waals surface area contributed by atoms with Crippen LogP contribution in [0.2, 0.25) is 0 Å². The van der Waals surface area contributed by atoms with Gasteiger partial charge in [0.1, 0.15) is 4.61 Å². The molecule has 0 spiro atoms. The van der Waals surface area contributed by atoms with Gasteiger partial charge in [-0.15, -0.1) is 0 Å². The molecule has 0 saturated carbocycles. The van der Waals surface area contributed by atoms with Crippen LogP contribution in [-0.2, 0) is 4.74 Å². The van der Waals surface area contributed by atoms with Crippen molar-refractivity contribution in [2.75, 3.05) is 4.61 Å². The van der Waals surface area contributed by atoms with Gasteiger partial charge in [-0.25, -0.2) is 0 Å². The molecular weight excluding hydrogens is 227 g/mol. The molecule has 1 aliphatic carbocycles. The summed E-state index contributed by atoms with van der Waals surface area (Å²) in [5.74, 6) is 1.20. The highest BCUT2D eigenvalue weighted by Gasteiger charge is 2.02. The van der Waals surface area contributed by atoms with E-state index in [0.717, 1.165) is 11.0 Å². The van der Waals surface area contributed by atoms with Crippen LogP contribution >= 0.6 is 22.6 Å². The monoisotopic (exact) mass is 238 g/mol. The molecule has 1 rings (SSSR count). The standard InChI is InChI=1S/C7H11IO/c8-6-9-7-4-2-1-3-5-7/h4H,1-3,5-6H2. The number of ether oxygens (including phenoxy) is 1. The highest BCUT2D eigenvalue weighted by Crippen LogP contribution is 2.18. The van der Waals surface area contributed by atoms with Crippen LogP contribution in [0.5, 0.6) is 0 Å². The Kier molecular flexibility index (Phi) is 3.40. The molecule has 9 heavy (non-hydrogen) atoms. The Balaban J connectivity index is 2.28. The van der Waals surface area contributed by atoms with E-state index in [2.05, 4.69) is 28.7 Å². The Hall–Kier alpha value is 0.270. The third kappa shape index (κ3) is 2.56. The Morgan fingerprint density at radius 3 is 3.00 bits per heavy atom. The van der Waals surface area contributed by atoms with E-state index >= 15 is 0 Å². The van der Waals surface area contributed by atoms with E-state index in [0.29, 0.717) is 0 Å². The molecule has 0 radical (unpaired) electrons. The van der Waals surface area contributed by atoms with Gasteiger partial charge >= 0.3 is 0 Å². The molecule has 0 saturated heterocycles. The van der Waals surface area contributed by atoms with Gasteiger partial charge in [0.25, 0.3) is 0 Å². The number of alkyl halides is 1. The lowest BCUT2D eigenvalue weighted by atomic mass is 10.1. The molecule has 1 nitrogen and oxygen atoms in total. The number of hydrogen-bond donors (Lipinski definition) is 0. The maximum Gasteiger partial charge on any atom is 0.138 e. The molecule has 52 valence electrons. The summed E-state index contributed by atoms with van der Waals surface area (Å²) in [7, 11) is 0. The molecule has 0 aromatic carbocycles. The van der Waals surface area contributed by atoms with E-state index in [1.165, 1.54) is 25.0 Å². The SMILES string of the molecule is ICOC1=CCCCC1. The molecule has 0 aliphatic heterocycles. The Labute approximate surface area is 69.6 Å². The van der Waals surface area contributed by atoms with E-state index in [1.807, 2.05) is 0 Å². The zero-order valence-corrected chi connectivity index (χ0v) is 7.56. The van der Waals surface area contributed by atoms with Crippen molar-refractivity contribution >= 4 is 22.6 Å². The molecule has 0 aromatic heterocycles. The summed E-state index contributed by atoms with van der Waals surface area (Å²) in [4.78, 5) is 0. The van der Waals surface area contributed by atoms with Crippen LogP contribution in [0, 0.1) is 0 Å². The van der Waals surface area contributed by atoms with Gasteiger partial charge in [-0.2, -0.15) is 0 Å². The van der Waals surface area contributed by atoms with Crippen LogP contribution < -0.4 is 0 Å². The second-order valence-corrected chi connectivity index (χ2v) is 2.79. The van der Waals surface area contributed by atoms with E-state index in [4.69, 9.17) is 4.74 Å². The van der Waals surface area contributed by atoms with Gasteiger partial charge in [-0.1, -0.05) is 0 Å². The van der Waals surface area contributed by atoms with Crippen LogP contribution in [0.3, 0.4) is 0 Å². The summed E-state index contributed by atoms with van der Waals surface area (Å²) < 4.78 is 6.13. The van der Waals surface area contributed by atoms with Crippen LogP contribution in [-0.4, -0.2) is 4.61 Å². The first-order valence-electron chi connectivity index (χ1n) is 3.31. The van der Waals surface area contributed by atoms with E-state index in [1.54, 1.807) is 0 Å². The van der Waals surface area contributed by atoms with Crippen molar-refractivity contribution in [1.82, 2.24) is 0 Å². The first-order valence-corrected chi connectivity index (χ1v) is 4.84. The maximum atomic E-state index is 5.33. The first kappa shape index (κ1) is 7.38. The van der Waals surface area contributed by atoms with Crippen LogP contribution in [0.15, 0.2) is 11.8 Å². The quantitative estimate of drug-likeness (QED) is 0.531. The highest BCUT2D eigenvalue weighted by atomic mass is 127. The lowest BCUT2D eigenvalue weighted by Crippen LogP contribution is -1.94. The number of hydrogen-bond acceptors (Lipinski definition) is 1. The average Bonchev–Trinajstić information content (AvgIpc) is 1.91. The predicted molar refractivity (Wildman–Crippen MR) is 46.5 cm³/mol. The number of halogens is 1. The fourth-order valence-electron chi connectivity index (χ4n) is 1.01. The minimum absolute atomic E-state index is 0.795. The lowest BCUT2D eigenvalue weighted by molar-refractivity contribution is 0.258. The van der Waals surface area contributed by atoms with E-state index in [9.17, 15) is 0 Å². The van der Waals surface area contributed by atoms with Gasteiger partial charge in [0, 0.05) is 6.42 Å². The maximum absolute atomic E-state index is 5.33. The van der Waals surface area contributed by atoms with Gasteiger partial charge in [-0.3, -0.25) is 0 Å². The van der Waals surface area contributed by atoms with Gasteiger partial charge in [0.15, 0.2) is 0 Å². The van der Waals surface area contributed by atoms with Gasteiger partial charge in [0.05, 0.1) is 5.76 Å². The highest BCUT2D eigenvalue weighted by molar-refractivity contribution is 14.1. The largest absolute Gasteiger partial charge is 0.488 e. The minimum atomic E-state index is 0.795. The molecule has 0 heterocycles. The van der Waals surface area contributed by atoms with Crippen LogP contribution in [0.4, 0.5) is 0 Å². The second-order valence-electron chi connectivity index (χ2n) is 2.17. The Bertz CT molecular complexity index is 109. The van der Waals surface area contributed by atoms with E-state index in [-0.39, 0.29) is 0 Å². The predicted octanol–water partition coefficient (Wildman–Crippen LogP) is 2.85. The molecule has 0 unspecified atom stereocenters. The van der Waals surface area contributed by atoms with Crippen molar-refractivity contribution < 1.29 is 4.74 Å². The third-order valence-corrected chi connectivity index (χ3v) is 1.80. The third-order valence-electron chi connectivity index (χ3n) is 1.49. The fourth-order valence-corrected chi connectivity index (χ4v) is 1.41. The van der Waals surface area contributed by atoms with Crippen molar-refractivity contribution in [3.8, 4) is 0 Å². The molecule has 0 fully saturated rings. The summed E-state index contributed by atoms with van der Waals surface area (Å²) in [5.41, 5.74) is 0. The normalized spacial score (nSPS) is 19.0.